The van der Waals surface area contributed by atoms with Crippen molar-refractivity contribution >= 4 is 11.7 Å². The van der Waals surface area contributed by atoms with Gasteiger partial charge in [0, 0.05) is 23.9 Å². The number of fused-ring (bicyclic) bond motifs is 1. The standard InChI is InChI=1S/C23H28F2N2O/c1-3-5-7-16(6-4-2)17-8-10-20(11-9-17)26-23(28)27-14-18-12-19(24)13-22(25)21(18)15-27/h8-13,16H,3-7,14-15H2,1-2H3,(H,26,28). The van der Waals surface area contributed by atoms with Gasteiger partial charge in [0.25, 0.3) is 0 Å². The molecule has 150 valence electrons. The van der Waals surface area contributed by atoms with Crippen LogP contribution in [-0.4, -0.2) is 10.9 Å². The van der Waals surface area contributed by atoms with Crippen LogP contribution in [0.25, 0.3) is 0 Å². The summed E-state index contributed by atoms with van der Waals surface area (Å²) in [4.78, 5) is 14.0. The number of anilines is 1. The lowest BCUT2D eigenvalue weighted by Gasteiger charge is -2.18. The monoisotopic (exact) mass is 386 g/mol. The second kappa shape index (κ2) is 9.18. The van der Waals surface area contributed by atoms with Crippen molar-refractivity contribution < 1.29 is 13.6 Å². The van der Waals surface area contributed by atoms with Crippen molar-refractivity contribution in [3.63, 3.8) is 0 Å². The van der Waals surface area contributed by atoms with Crippen molar-refractivity contribution in [2.75, 3.05) is 5.32 Å². The molecule has 1 unspecified atom stereocenters. The van der Waals surface area contributed by atoms with Gasteiger partial charge in [-0.15, -0.1) is 0 Å². The molecule has 0 radical (unpaired) electrons. The lowest BCUT2D eigenvalue weighted by atomic mass is 9.89. The van der Waals surface area contributed by atoms with E-state index in [-0.39, 0.29) is 19.1 Å². The van der Waals surface area contributed by atoms with Gasteiger partial charge >= 0.3 is 6.03 Å². The highest BCUT2D eigenvalue weighted by molar-refractivity contribution is 5.89. The lowest BCUT2D eigenvalue weighted by Crippen LogP contribution is -2.30. The second-order valence-corrected chi connectivity index (χ2v) is 7.56. The number of nitrogens with zero attached hydrogens (tertiary/aromatic N) is 1. The fourth-order valence-corrected chi connectivity index (χ4v) is 3.89. The highest BCUT2D eigenvalue weighted by Crippen LogP contribution is 2.29. The van der Waals surface area contributed by atoms with E-state index in [2.05, 4.69) is 31.3 Å². The summed E-state index contributed by atoms with van der Waals surface area (Å²) in [6.45, 7) is 4.78. The molecule has 0 saturated heterocycles. The van der Waals surface area contributed by atoms with Crippen LogP contribution in [0.4, 0.5) is 19.3 Å². The molecule has 2 aromatic carbocycles. The molecule has 3 rings (SSSR count). The second-order valence-electron chi connectivity index (χ2n) is 7.56. The predicted molar refractivity (Wildman–Crippen MR) is 108 cm³/mol. The molecule has 0 aliphatic carbocycles. The maximum atomic E-state index is 13.9. The maximum Gasteiger partial charge on any atom is 0.322 e. The topological polar surface area (TPSA) is 32.3 Å². The Morgan fingerprint density at radius 2 is 1.82 bits per heavy atom. The maximum absolute atomic E-state index is 13.9. The van der Waals surface area contributed by atoms with E-state index in [1.165, 1.54) is 42.2 Å². The van der Waals surface area contributed by atoms with Crippen molar-refractivity contribution in [1.29, 1.82) is 0 Å². The molecular formula is C23H28F2N2O. The predicted octanol–water partition coefficient (Wildman–Crippen LogP) is 6.59. The summed E-state index contributed by atoms with van der Waals surface area (Å²) in [5.41, 5.74) is 2.94. The van der Waals surface area contributed by atoms with Crippen LogP contribution in [0.5, 0.6) is 0 Å². The molecule has 1 aliphatic heterocycles. The minimum atomic E-state index is -0.612. The van der Waals surface area contributed by atoms with Crippen molar-refractivity contribution in [2.45, 2.75) is 65.0 Å². The van der Waals surface area contributed by atoms with E-state index in [0.717, 1.165) is 12.5 Å². The number of hydrogen-bond donors (Lipinski definition) is 1. The molecule has 1 N–H and O–H groups in total. The molecule has 0 spiro atoms. The zero-order chi connectivity index (χ0) is 20.1. The zero-order valence-corrected chi connectivity index (χ0v) is 16.6. The van der Waals surface area contributed by atoms with Crippen molar-refractivity contribution in [3.8, 4) is 0 Å². The minimum Gasteiger partial charge on any atom is -0.316 e. The minimum absolute atomic E-state index is 0.154. The third-order valence-electron chi connectivity index (χ3n) is 5.43. The van der Waals surface area contributed by atoms with E-state index >= 15 is 0 Å². The molecular weight excluding hydrogens is 358 g/mol. The number of rotatable bonds is 7. The summed E-state index contributed by atoms with van der Waals surface area (Å²) in [5.74, 6) is -0.650. The summed E-state index contributed by atoms with van der Waals surface area (Å²) < 4.78 is 27.3. The first-order chi connectivity index (χ1) is 13.5. The first-order valence-corrected chi connectivity index (χ1v) is 10.1. The van der Waals surface area contributed by atoms with Crippen molar-refractivity contribution in [2.24, 2.45) is 0 Å². The molecule has 0 aromatic heterocycles. The SMILES string of the molecule is CCCCC(CCC)c1ccc(NC(=O)N2Cc3cc(F)cc(F)c3C2)cc1. The molecule has 5 heteroatoms. The van der Waals surface area contributed by atoms with E-state index in [1.807, 2.05) is 12.1 Å². The number of amides is 2. The van der Waals surface area contributed by atoms with Crippen molar-refractivity contribution in [1.82, 2.24) is 4.90 Å². The average Bonchev–Trinajstić information content (AvgIpc) is 3.10. The van der Waals surface area contributed by atoms with Gasteiger partial charge in [0.1, 0.15) is 11.6 Å². The summed E-state index contributed by atoms with van der Waals surface area (Å²) >= 11 is 0. The van der Waals surface area contributed by atoms with Gasteiger partial charge in [0.2, 0.25) is 0 Å². The van der Waals surface area contributed by atoms with E-state index in [0.29, 0.717) is 22.7 Å². The van der Waals surface area contributed by atoms with Crippen LogP contribution >= 0.6 is 0 Å². The van der Waals surface area contributed by atoms with Gasteiger partial charge in [-0.25, -0.2) is 13.6 Å². The van der Waals surface area contributed by atoms with Crippen LogP contribution in [0, 0.1) is 11.6 Å². The number of nitrogens with one attached hydrogen (secondary N) is 1. The van der Waals surface area contributed by atoms with Gasteiger partial charge in [-0.05, 0) is 48.1 Å². The average molecular weight is 386 g/mol. The van der Waals surface area contributed by atoms with Crippen LogP contribution in [0.1, 0.15) is 68.6 Å². The van der Waals surface area contributed by atoms with Gasteiger partial charge in [-0.2, -0.15) is 0 Å². The van der Waals surface area contributed by atoms with E-state index in [9.17, 15) is 13.6 Å². The first-order valence-electron chi connectivity index (χ1n) is 10.1. The highest BCUT2D eigenvalue weighted by atomic mass is 19.1. The number of carbonyl (C=O) groups is 1. The number of hydrogen-bond acceptors (Lipinski definition) is 1. The Morgan fingerprint density at radius 1 is 1.07 bits per heavy atom. The summed E-state index contributed by atoms with van der Waals surface area (Å²) in [7, 11) is 0. The van der Waals surface area contributed by atoms with Crippen LogP contribution in [0.3, 0.4) is 0 Å². The van der Waals surface area contributed by atoms with Gasteiger partial charge < -0.3 is 10.2 Å². The van der Waals surface area contributed by atoms with E-state index in [1.54, 1.807) is 0 Å². The van der Waals surface area contributed by atoms with Crippen LogP contribution in [0.15, 0.2) is 36.4 Å². The summed E-state index contributed by atoms with van der Waals surface area (Å²) in [5, 5.41) is 2.86. The Bertz CT molecular complexity index is 820. The van der Waals surface area contributed by atoms with Gasteiger partial charge in [0.05, 0.1) is 6.54 Å². The highest BCUT2D eigenvalue weighted by Gasteiger charge is 2.26. The van der Waals surface area contributed by atoms with Gasteiger partial charge in [-0.3, -0.25) is 0 Å². The quantitative estimate of drug-likeness (QED) is 0.572. The van der Waals surface area contributed by atoms with Crippen molar-refractivity contribution in [3.05, 3.63) is 64.7 Å². The molecule has 3 nitrogen and oxygen atoms in total. The van der Waals surface area contributed by atoms with Crippen LogP contribution < -0.4 is 5.32 Å². The molecule has 0 fully saturated rings. The van der Waals surface area contributed by atoms with E-state index in [4.69, 9.17) is 0 Å². The smallest absolute Gasteiger partial charge is 0.316 e. The fourth-order valence-electron chi connectivity index (χ4n) is 3.89. The molecule has 1 aliphatic rings. The molecule has 0 bridgehead atoms. The largest absolute Gasteiger partial charge is 0.322 e. The summed E-state index contributed by atoms with van der Waals surface area (Å²) in [6.07, 6.45) is 5.91. The fraction of sp³-hybridized carbons (Fsp3) is 0.435. The third kappa shape index (κ3) is 4.70. The molecule has 1 atom stereocenters. The molecule has 2 amide bonds. The van der Waals surface area contributed by atoms with E-state index < -0.39 is 11.6 Å². The number of halogens is 2. The molecule has 0 saturated carbocycles. The molecule has 28 heavy (non-hydrogen) atoms. The number of unbranched alkanes of at least 4 members (excludes halogenated alkanes) is 1. The number of benzene rings is 2. The molecule has 1 heterocycles. The first kappa shape index (κ1) is 20.3. The molecule has 2 aromatic rings. The van der Waals surface area contributed by atoms with Gasteiger partial charge in [0.15, 0.2) is 0 Å². The van der Waals surface area contributed by atoms with Gasteiger partial charge in [-0.1, -0.05) is 45.2 Å². The van der Waals surface area contributed by atoms with Crippen LogP contribution in [0.2, 0.25) is 0 Å². The number of carbonyl (C=O) groups excluding carboxylic acids is 1. The third-order valence-corrected chi connectivity index (χ3v) is 5.43. The Labute approximate surface area is 165 Å². The Morgan fingerprint density at radius 3 is 2.50 bits per heavy atom. The van der Waals surface area contributed by atoms with Crippen LogP contribution in [-0.2, 0) is 13.1 Å². The Kier molecular flexibility index (Phi) is 6.65. The Balaban J connectivity index is 1.63. The Hall–Kier alpha value is -2.43. The zero-order valence-electron chi connectivity index (χ0n) is 16.6. The normalized spacial score (nSPS) is 14.1. The lowest BCUT2D eigenvalue weighted by molar-refractivity contribution is 0.212. The number of urea groups is 1. The summed E-state index contributed by atoms with van der Waals surface area (Å²) in [6, 6.07) is 9.87.